The van der Waals surface area contributed by atoms with E-state index in [9.17, 15) is 19.2 Å². The molecule has 1 heterocycles. The van der Waals surface area contributed by atoms with Crippen molar-refractivity contribution >= 4 is 24.3 Å². The Bertz CT molecular complexity index is 720. The highest BCUT2D eigenvalue weighted by Crippen LogP contribution is 2.55. The van der Waals surface area contributed by atoms with E-state index < -0.39 is 5.41 Å². The smallest absolute Gasteiger partial charge is 0.235 e. The number of carbonyl (C=O) groups excluding carboxylic acids is 4. The van der Waals surface area contributed by atoms with E-state index in [2.05, 4.69) is 39.1 Å². The number of nitrogens with one attached hydrogen (secondary N) is 1. The molecule has 0 bridgehead atoms. The average Bonchev–Trinajstić information content (AvgIpc) is 2.94. The Balaban J connectivity index is 2.61. The SMILES string of the molecule is CC1=CC(/C=C(\C)CCC=O)C2(C(=O)CCC=O)C(=O)NC(CC(C)C)C2C1C. The van der Waals surface area contributed by atoms with Crippen LogP contribution in [0.3, 0.4) is 0 Å². The predicted octanol–water partition coefficient (Wildman–Crippen LogP) is 3.82. The van der Waals surface area contributed by atoms with E-state index in [1.807, 2.05) is 13.0 Å². The molecule has 5 atom stereocenters. The maximum absolute atomic E-state index is 13.5. The molecule has 0 aromatic heterocycles. The lowest BCUT2D eigenvalue weighted by atomic mass is 9.54. The summed E-state index contributed by atoms with van der Waals surface area (Å²) in [6, 6.07) is -0.0625. The van der Waals surface area contributed by atoms with Gasteiger partial charge in [0.1, 0.15) is 23.8 Å². The van der Waals surface area contributed by atoms with Gasteiger partial charge in [0.05, 0.1) is 0 Å². The van der Waals surface area contributed by atoms with Gasteiger partial charge in [-0.25, -0.2) is 0 Å². The Morgan fingerprint density at radius 1 is 1.21 bits per heavy atom. The van der Waals surface area contributed by atoms with Gasteiger partial charge in [-0.15, -0.1) is 0 Å². The number of ketones is 1. The summed E-state index contributed by atoms with van der Waals surface area (Å²) in [7, 11) is 0. The zero-order valence-electron chi connectivity index (χ0n) is 18.4. The van der Waals surface area contributed by atoms with E-state index in [1.54, 1.807) is 0 Å². The maximum Gasteiger partial charge on any atom is 0.235 e. The first kappa shape index (κ1) is 23.2. The molecular weight excluding hydrogens is 366 g/mol. The third-order valence-corrected chi connectivity index (χ3v) is 6.67. The van der Waals surface area contributed by atoms with Crippen molar-refractivity contribution in [2.45, 2.75) is 72.8 Å². The van der Waals surface area contributed by atoms with Gasteiger partial charge in [-0.1, -0.05) is 44.1 Å². The normalized spacial score (nSPS) is 31.9. The van der Waals surface area contributed by atoms with E-state index in [1.165, 1.54) is 5.57 Å². The number of amides is 1. The van der Waals surface area contributed by atoms with Gasteiger partial charge in [-0.3, -0.25) is 9.59 Å². The summed E-state index contributed by atoms with van der Waals surface area (Å²) in [5.41, 5.74) is 1.01. The summed E-state index contributed by atoms with van der Waals surface area (Å²) < 4.78 is 0. The summed E-state index contributed by atoms with van der Waals surface area (Å²) in [6.45, 7) is 10.4. The minimum atomic E-state index is -1.18. The van der Waals surface area contributed by atoms with Crippen molar-refractivity contribution in [3.8, 4) is 0 Å². The molecule has 0 saturated carbocycles. The molecule has 1 fully saturated rings. The summed E-state index contributed by atoms with van der Waals surface area (Å²) >= 11 is 0. The van der Waals surface area contributed by atoms with Crippen LogP contribution in [0.4, 0.5) is 0 Å². The lowest BCUT2D eigenvalue weighted by Gasteiger charge is -2.45. The van der Waals surface area contributed by atoms with Crippen LogP contribution < -0.4 is 5.32 Å². The molecule has 0 aromatic carbocycles. The average molecular weight is 402 g/mol. The maximum atomic E-state index is 13.5. The van der Waals surface area contributed by atoms with Crippen LogP contribution in [-0.4, -0.2) is 30.3 Å². The molecule has 0 aromatic rings. The van der Waals surface area contributed by atoms with Crippen molar-refractivity contribution in [3.05, 3.63) is 23.3 Å². The first-order valence-corrected chi connectivity index (χ1v) is 10.8. The van der Waals surface area contributed by atoms with E-state index >= 15 is 0 Å². The molecule has 5 unspecified atom stereocenters. The van der Waals surface area contributed by atoms with Gasteiger partial charge in [0.15, 0.2) is 0 Å². The molecule has 29 heavy (non-hydrogen) atoms. The highest BCUT2D eigenvalue weighted by Gasteiger charge is 2.64. The fraction of sp³-hybridized carbons (Fsp3) is 0.667. The summed E-state index contributed by atoms with van der Waals surface area (Å²) in [6.07, 6.45) is 7.76. The second-order valence-corrected chi connectivity index (χ2v) is 9.18. The monoisotopic (exact) mass is 401 g/mol. The molecule has 5 nitrogen and oxygen atoms in total. The highest BCUT2D eigenvalue weighted by molar-refractivity contribution is 6.09. The molecule has 1 N–H and O–H groups in total. The molecular formula is C24H35NO4. The molecule has 0 radical (unpaired) electrons. The molecule has 2 rings (SSSR count). The molecule has 1 aliphatic carbocycles. The second-order valence-electron chi connectivity index (χ2n) is 9.18. The van der Waals surface area contributed by atoms with Crippen molar-refractivity contribution in [2.24, 2.45) is 29.1 Å². The van der Waals surface area contributed by atoms with Gasteiger partial charge in [0.2, 0.25) is 5.91 Å². The van der Waals surface area contributed by atoms with E-state index in [0.717, 1.165) is 24.6 Å². The second kappa shape index (κ2) is 9.64. The lowest BCUT2D eigenvalue weighted by Crippen LogP contribution is -2.52. The largest absolute Gasteiger partial charge is 0.352 e. The first-order chi connectivity index (χ1) is 13.7. The predicted molar refractivity (Wildman–Crippen MR) is 113 cm³/mol. The minimum absolute atomic E-state index is 0.0625. The summed E-state index contributed by atoms with van der Waals surface area (Å²) in [5.74, 6) is -0.350. The Kier molecular flexibility index (Phi) is 7.73. The first-order valence-electron chi connectivity index (χ1n) is 10.8. The Hall–Kier alpha value is -2.04. The highest BCUT2D eigenvalue weighted by atomic mass is 16.2. The van der Waals surface area contributed by atoms with Gasteiger partial charge in [-0.05, 0) is 38.5 Å². The van der Waals surface area contributed by atoms with E-state index in [0.29, 0.717) is 18.8 Å². The van der Waals surface area contributed by atoms with Crippen molar-refractivity contribution in [1.82, 2.24) is 5.32 Å². The Morgan fingerprint density at radius 2 is 1.83 bits per heavy atom. The molecule has 5 heteroatoms. The van der Waals surface area contributed by atoms with Crippen LogP contribution in [0.2, 0.25) is 0 Å². The van der Waals surface area contributed by atoms with Crippen LogP contribution in [0.1, 0.15) is 66.7 Å². The zero-order valence-corrected chi connectivity index (χ0v) is 18.4. The molecule has 1 aliphatic heterocycles. The third kappa shape index (κ3) is 4.44. The van der Waals surface area contributed by atoms with Gasteiger partial charge in [-0.2, -0.15) is 0 Å². The van der Waals surface area contributed by atoms with Gasteiger partial charge < -0.3 is 14.9 Å². The lowest BCUT2D eigenvalue weighted by molar-refractivity contribution is -0.145. The molecule has 1 saturated heterocycles. The van der Waals surface area contributed by atoms with Crippen LogP contribution >= 0.6 is 0 Å². The van der Waals surface area contributed by atoms with Crippen LogP contribution in [0.5, 0.6) is 0 Å². The van der Waals surface area contributed by atoms with Gasteiger partial charge in [0.25, 0.3) is 0 Å². The standard InChI is InChI=1S/C24H35NO4/c1-15(2)12-20-22-18(5)17(4)14-19(13-16(3)8-6-10-26)24(22,23(29)25-20)21(28)9-7-11-27/h10-11,13-15,18-20,22H,6-9,12H2,1-5H3,(H,25,29)/b16-13+. The van der Waals surface area contributed by atoms with E-state index in [4.69, 9.17) is 0 Å². The number of carbonyl (C=O) groups is 4. The van der Waals surface area contributed by atoms with Gasteiger partial charge in [0, 0.05) is 37.1 Å². The number of hydrogen-bond acceptors (Lipinski definition) is 4. The number of hydrogen-bond donors (Lipinski definition) is 1. The van der Waals surface area contributed by atoms with Crippen molar-refractivity contribution in [3.63, 3.8) is 0 Å². The molecule has 0 spiro atoms. The van der Waals surface area contributed by atoms with Crippen molar-refractivity contribution in [1.29, 1.82) is 0 Å². The Morgan fingerprint density at radius 3 is 2.41 bits per heavy atom. The van der Waals surface area contributed by atoms with Crippen LogP contribution in [0.15, 0.2) is 23.3 Å². The number of rotatable bonds is 10. The Labute approximate surface area is 174 Å². The zero-order chi connectivity index (χ0) is 21.8. The van der Waals surface area contributed by atoms with E-state index in [-0.39, 0.29) is 48.3 Å². The number of Topliss-reactive ketones (excluding diaryl/α,β-unsaturated/α-hetero) is 1. The minimum Gasteiger partial charge on any atom is -0.352 e. The number of allylic oxidation sites excluding steroid dienone is 4. The quantitative estimate of drug-likeness (QED) is 0.343. The molecule has 2 aliphatic rings. The van der Waals surface area contributed by atoms with Crippen molar-refractivity contribution in [2.75, 3.05) is 0 Å². The summed E-state index contributed by atoms with van der Waals surface area (Å²) in [4.78, 5) is 48.7. The van der Waals surface area contributed by atoms with Gasteiger partial charge >= 0.3 is 0 Å². The molecule has 160 valence electrons. The molecule has 1 amide bonds. The van der Waals surface area contributed by atoms with Crippen molar-refractivity contribution < 1.29 is 19.2 Å². The summed E-state index contributed by atoms with van der Waals surface area (Å²) in [5, 5.41) is 3.16. The van der Waals surface area contributed by atoms with Crippen LogP contribution in [-0.2, 0) is 19.2 Å². The number of aldehydes is 2. The third-order valence-electron chi connectivity index (χ3n) is 6.67. The fourth-order valence-corrected chi connectivity index (χ4v) is 5.28. The van der Waals surface area contributed by atoms with Crippen LogP contribution in [0.25, 0.3) is 0 Å². The topological polar surface area (TPSA) is 80.3 Å². The fourth-order valence-electron chi connectivity index (χ4n) is 5.28. The number of fused-ring (bicyclic) bond motifs is 1. The van der Waals surface area contributed by atoms with Crippen LogP contribution in [0, 0.1) is 29.1 Å².